The molecule has 0 aromatic carbocycles. The topological polar surface area (TPSA) is 17.1 Å². The third kappa shape index (κ3) is 5.70. The van der Waals surface area contributed by atoms with Gasteiger partial charge in [0.1, 0.15) is 0 Å². The second kappa shape index (κ2) is 3.88. The van der Waals surface area contributed by atoms with Gasteiger partial charge in [0, 0.05) is 0 Å². The van der Waals surface area contributed by atoms with Gasteiger partial charge in [-0.05, 0) is 24.1 Å². The van der Waals surface area contributed by atoms with Gasteiger partial charge in [0.05, 0.1) is 0 Å². The molecule has 1 nitrogen and oxygen atoms in total. The number of carbonyl (C=O) groups is 1. The van der Waals surface area contributed by atoms with Gasteiger partial charge in [-0.3, -0.25) is 4.79 Å². The average molecular weight is 119 g/mol. The maximum absolute atomic E-state index is 9.88. The Morgan fingerprint density at radius 1 is 1.86 bits per heavy atom. The highest BCUT2D eigenvalue weighted by Crippen LogP contribution is 1.83. The van der Waals surface area contributed by atoms with Crippen LogP contribution in [0.4, 0.5) is 0 Å². The molecule has 40 valence electrons. The minimum Gasteiger partial charge on any atom is -0.276 e. The van der Waals surface area contributed by atoms with Gasteiger partial charge in [-0.1, -0.05) is 13.0 Å². The van der Waals surface area contributed by atoms with E-state index in [1.807, 2.05) is 6.92 Å². The summed E-state index contributed by atoms with van der Waals surface area (Å²) in [6.07, 6.45) is 3.93. The van der Waals surface area contributed by atoms with Gasteiger partial charge in [0.15, 0.2) is 0 Å². The minimum absolute atomic E-state index is 0.401. The molecule has 0 aromatic heterocycles. The van der Waals surface area contributed by atoms with Crippen LogP contribution in [0.3, 0.4) is 0 Å². The van der Waals surface area contributed by atoms with Gasteiger partial charge >= 0.3 is 0 Å². The number of hydrogen-bond donors (Lipinski definition) is 0. The van der Waals surface area contributed by atoms with Crippen LogP contribution in [0.25, 0.3) is 0 Å². The lowest BCUT2D eigenvalue weighted by Gasteiger charge is -1.71. The van der Waals surface area contributed by atoms with Crippen LogP contribution in [0.5, 0.6) is 0 Å². The van der Waals surface area contributed by atoms with Crippen molar-refractivity contribution < 1.29 is 4.79 Å². The lowest BCUT2D eigenvalue weighted by Crippen LogP contribution is -1.72. The first-order chi connectivity index (χ1) is 3.27. The van der Waals surface area contributed by atoms with Crippen molar-refractivity contribution in [3.63, 3.8) is 0 Å². The number of hydrogen-bond acceptors (Lipinski definition) is 1. The number of carbonyl (C=O) groups excluding carboxylic acids is 1. The summed E-state index contributed by atoms with van der Waals surface area (Å²) in [5, 5.41) is -0.401. The summed E-state index contributed by atoms with van der Waals surface area (Å²) < 4.78 is 0. The number of halogens is 1. The van der Waals surface area contributed by atoms with Crippen molar-refractivity contribution >= 4 is 16.8 Å². The predicted octanol–water partition coefficient (Wildman–Crippen LogP) is 1.72. The standard InChI is InChI=1S/C5H7ClO/c1-2-3-4-5(6)7/h3-4H,2H2,1H3/b4-3-. The van der Waals surface area contributed by atoms with Gasteiger partial charge in [-0.25, -0.2) is 0 Å². The highest BCUT2D eigenvalue weighted by molar-refractivity contribution is 6.66. The smallest absolute Gasteiger partial charge is 0.244 e. The molecule has 0 bridgehead atoms. The van der Waals surface area contributed by atoms with Crippen molar-refractivity contribution in [1.29, 1.82) is 0 Å². The Hall–Kier alpha value is -0.300. The average Bonchev–Trinajstić information content (AvgIpc) is 1.61. The van der Waals surface area contributed by atoms with E-state index in [9.17, 15) is 4.79 Å². The van der Waals surface area contributed by atoms with Crippen LogP contribution < -0.4 is 0 Å². The van der Waals surface area contributed by atoms with Crippen molar-refractivity contribution in [2.75, 3.05) is 0 Å². The van der Waals surface area contributed by atoms with E-state index in [2.05, 4.69) is 0 Å². The Bertz CT molecular complexity index is 86.1. The molecule has 0 radical (unpaired) electrons. The van der Waals surface area contributed by atoms with E-state index < -0.39 is 5.24 Å². The first kappa shape index (κ1) is 6.70. The van der Waals surface area contributed by atoms with Crippen LogP contribution in [-0.4, -0.2) is 5.24 Å². The molecule has 0 aromatic rings. The van der Waals surface area contributed by atoms with Gasteiger partial charge in [0.2, 0.25) is 5.24 Å². The summed E-state index contributed by atoms with van der Waals surface area (Å²) in [5.74, 6) is 0. The molecule has 0 rings (SSSR count). The van der Waals surface area contributed by atoms with E-state index in [0.29, 0.717) is 0 Å². The van der Waals surface area contributed by atoms with Gasteiger partial charge < -0.3 is 0 Å². The van der Waals surface area contributed by atoms with Crippen molar-refractivity contribution in [3.8, 4) is 0 Å². The zero-order chi connectivity index (χ0) is 5.70. The van der Waals surface area contributed by atoms with Crippen LogP contribution in [0.1, 0.15) is 13.3 Å². The van der Waals surface area contributed by atoms with Crippen molar-refractivity contribution in [2.45, 2.75) is 13.3 Å². The highest BCUT2D eigenvalue weighted by atomic mass is 35.5. The van der Waals surface area contributed by atoms with Gasteiger partial charge in [0.25, 0.3) is 0 Å². The van der Waals surface area contributed by atoms with Crippen molar-refractivity contribution in [3.05, 3.63) is 12.2 Å². The lowest BCUT2D eigenvalue weighted by molar-refractivity contribution is -0.107. The quantitative estimate of drug-likeness (QED) is 0.399. The van der Waals surface area contributed by atoms with E-state index >= 15 is 0 Å². The molecule has 0 heterocycles. The van der Waals surface area contributed by atoms with Crippen LogP contribution in [0.15, 0.2) is 12.2 Å². The Morgan fingerprint density at radius 3 is 2.57 bits per heavy atom. The summed E-state index contributed by atoms with van der Waals surface area (Å²) in [5.41, 5.74) is 0. The van der Waals surface area contributed by atoms with Crippen LogP contribution in [-0.2, 0) is 4.79 Å². The normalized spacial score (nSPS) is 10.0. The monoisotopic (exact) mass is 118 g/mol. The van der Waals surface area contributed by atoms with E-state index in [4.69, 9.17) is 11.6 Å². The Labute approximate surface area is 48.0 Å². The van der Waals surface area contributed by atoms with Gasteiger partial charge in [-0.2, -0.15) is 0 Å². The van der Waals surface area contributed by atoms with E-state index in [1.54, 1.807) is 6.08 Å². The van der Waals surface area contributed by atoms with Crippen molar-refractivity contribution in [1.82, 2.24) is 0 Å². The predicted molar refractivity (Wildman–Crippen MR) is 30.3 cm³/mol. The summed E-state index contributed by atoms with van der Waals surface area (Å²) in [4.78, 5) is 9.88. The second-order valence-electron chi connectivity index (χ2n) is 1.11. The molecule has 0 saturated heterocycles. The molecular weight excluding hydrogens is 112 g/mol. The van der Waals surface area contributed by atoms with Gasteiger partial charge in [-0.15, -0.1) is 0 Å². The van der Waals surface area contributed by atoms with Crippen LogP contribution in [0.2, 0.25) is 0 Å². The van der Waals surface area contributed by atoms with Crippen molar-refractivity contribution in [2.24, 2.45) is 0 Å². The number of rotatable bonds is 2. The van der Waals surface area contributed by atoms with E-state index in [1.165, 1.54) is 6.08 Å². The van der Waals surface area contributed by atoms with E-state index in [-0.39, 0.29) is 0 Å². The fraction of sp³-hybridized carbons (Fsp3) is 0.400. The minimum atomic E-state index is -0.401. The number of allylic oxidation sites excluding steroid dienone is 2. The molecule has 0 amide bonds. The molecule has 0 aliphatic heterocycles. The third-order valence-electron chi connectivity index (χ3n) is 0.485. The molecule has 0 atom stereocenters. The Balaban J connectivity index is 3.26. The molecule has 0 unspecified atom stereocenters. The lowest BCUT2D eigenvalue weighted by atomic mass is 10.4. The summed E-state index contributed by atoms with van der Waals surface area (Å²) >= 11 is 4.93. The Morgan fingerprint density at radius 2 is 2.43 bits per heavy atom. The molecule has 7 heavy (non-hydrogen) atoms. The molecule has 0 fully saturated rings. The summed E-state index contributed by atoms with van der Waals surface area (Å²) in [7, 11) is 0. The first-order valence-electron chi connectivity index (χ1n) is 2.13. The Kier molecular flexibility index (Phi) is 3.71. The van der Waals surface area contributed by atoms with E-state index in [0.717, 1.165) is 6.42 Å². The third-order valence-corrected chi connectivity index (χ3v) is 0.611. The largest absolute Gasteiger partial charge is 0.276 e. The molecule has 2 heteroatoms. The molecule has 0 aliphatic rings. The summed E-state index contributed by atoms with van der Waals surface area (Å²) in [6, 6.07) is 0. The molecule has 0 aliphatic carbocycles. The molecule has 0 N–H and O–H groups in total. The molecule has 0 spiro atoms. The molecular formula is C5H7ClO. The molecule has 0 saturated carbocycles. The maximum atomic E-state index is 9.88. The zero-order valence-electron chi connectivity index (χ0n) is 4.15. The SMILES string of the molecule is CC/C=C\C(=O)Cl. The fourth-order valence-corrected chi connectivity index (χ4v) is 0.300. The second-order valence-corrected chi connectivity index (χ2v) is 1.49. The van der Waals surface area contributed by atoms with Crippen LogP contribution in [0, 0.1) is 0 Å². The maximum Gasteiger partial charge on any atom is 0.244 e. The summed E-state index contributed by atoms with van der Waals surface area (Å²) in [6.45, 7) is 1.94. The van der Waals surface area contributed by atoms with Crippen LogP contribution >= 0.6 is 11.6 Å². The zero-order valence-corrected chi connectivity index (χ0v) is 4.90. The first-order valence-corrected chi connectivity index (χ1v) is 2.51. The highest BCUT2D eigenvalue weighted by Gasteiger charge is 1.79. The fourth-order valence-electron chi connectivity index (χ4n) is 0.211.